The summed E-state index contributed by atoms with van der Waals surface area (Å²) in [6.45, 7) is 0.796. The topological polar surface area (TPSA) is 60.2 Å². The molecular formula is C20H21N3O2. The minimum atomic E-state index is -0.0202. The normalized spacial score (nSPS) is 18.2. The molecule has 1 atom stereocenters. The van der Waals surface area contributed by atoms with Crippen LogP contribution in [-0.2, 0) is 11.3 Å². The number of aromatic nitrogens is 3. The minimum Gasteiger partial charge on any atom is -0.392 e. The van der Waals surface area contributed by atoms with Crippen LogP contribution >= 0.6 is 0 Å². The zero-order chi connectivity index (χ0) is 17.1. The van der Waals surface area contributed by atoms with Crippen LogP contribution in [0.2, 0.25) is 0 Å². The van der Waals surface area contributed by atoms with E-state index in [1.54, 1.807) is 6.20 Å². The molecule has 1 aliphatic heterocycles. The molecule has 0 aliphatic carbocycles. The monoisotopic (exact) mass is 335 g/mol. The van der Waals surface area contributed by atoms with Gasteiger partial charge in [-0.05, 0) is 61.2 Å². The highest BCUT2D eigenvalue weighted by Crippen LogP contribution is 2.29. The Morgan fingerprint density at radius 1 is 1.20 bits per heavy atom. The second kappa shape index (κ2) is 7.17. The summed E-state index contributed by atoms with van der Waals surface area (Å²) in [5, 5.41) is 15.3. The summed E-state index contributed by atoms with van der Waals surface area (Å²) in [7, 11) is 0. The standard InChI is InChI=1S/C20H21N3O2/c24-14-15-7-10-19-17(13-15)18(9-8-16-5-1-3-11-21-16)22-23(19)20-6-2-4-12-25-20/h1,3,5,7-11,13,20,24H,2,4,6,12,14H2. The summed E-state index contributed by atoms with van der Waals surface area (Å²) in [6.07, 6.45) is 8.92. The van der Waals surface area contributed by atoms with Crippen LogP contribution in [0.1, 0.15) is 42.4 Å². The van der Waals surface area contributed by atoms with E-state index in [1.807, 2.05) is 53.2 Å². The molecule has 0 bridgehead atoms. The third-order valence-corrected chi connectivity index (χ3v) is 4.51. The summed E-state index contributed by atoms with van der Waals surface area (Å²) in [5.41, 5.74) is 3.66. The maximum absolute atomic E-state index is 9.47. The smallest absolute Gasteiger partial charge is 0.150 e. The molecule has 1 aromatic carbocycles. The Balaban J connectivity index is 1.77. The molecule has 25 heavy (non-hydrogen) atoms. The molecular weight excluding hydrogens is 314 g/mol. The lowest BCUT2D eigenvalue weighted by molar-refractivity contribution is -0.0367. The van der Waals surface area contributed by atoms with Gasteiger partial charge in [-0.1, -0.05) is 12.1 Å². The summed E-state index contributed by atoms with van der Waals surface area (Å²) in [6, 6.07) is 11.8. The van der Waals surface area contributed by atoms with Crippen LogP contribution in [0.5, 0.6) is 0 Å². The Hall–Kier alpha value is -2.50. The maximum atomic E-state index is 9.47. The van der Waals surface area contributed by atoms with E-state index in [0.717, 1.165) is 53.7 Å². The quantitative estimate of drug-likeness (QED) is 0.788. The van der Waals surface area contributed by atoms with E-state index in [1.165, 1.54) is 0 Å². The summed E-state index contributed by atoms with van der Waals surface area (Å²) in [5.74, 6) is 0. The second-order valence-electron chi connectivity index (χ2n) is 6.25. The van der Waals surface area contributed by atoms with Gasteiger partial charge >= 0.3 is 0 Å². The molecule has 1 unspecified atom stereocenters. The zero-order valence-electron chi connectivity index (χ0n) is 14.0. The van der Waals surface area contributed by atoms with Crippen LogP contribution in [0.15, 0.2) is 42.6 Å². The number of hydrogen-bond donors (Lipinski definition) is 1. The highest BCUT2D eigenvalue weighted by atomic mass is 16.5. The molecule has 1 aliphatic rings. The molecule has 5 nitrogen and oxygen atoms in total. The zero-order valence-corrected chi connectivity index (χ0v) is 14.0. The number of pyridine rings is 1. The van der Waals surface area contributed by atoms with E-state index in [9.17, 15) is 5.11 Å². The number of aliphatic hydroxyl groups is 1. The molecule has 5 heteroatoms. The molecule has 1 fully saturated rings. The van der Waals surface area contributed by atoms with Crippen molar-refractivity contribution in [3.05, 3.63) is 59.5 Å². The van der Waals surface area contributed by atoms with Crippen molar-refractivity contribution in [2.24, 2.45) is 0 Å². The van der Waals surface area contributed by atoms with Gasteiger partial charge in [0.05, 0.1) is 23.5 Å². The lowest BCUT2D eigenvalue weighted by Gasteiger charge is -2.23. The molecule has 2 aromatic heterocycles. The Morgan fingerprint density at radius 2 is 2.16 bits per heavy atom. The largest absolute Gasteiger partial charge is 0.392 e. The van der Waals surface area contributed by atoms with E-state index < -0.39 is 0 Å². The first-order valence-corrected chi connectivity index (χ1v) is 8.68. The minimum absolute atomic E-state index is 0.0183. The van der Waals surface area contributed by atoms with Crippen molar-refractivity contribution in [3.8, 4) is 0 Å². The van der Waals surface area contributed by atoms with Crippen LogP contribution in [0, 0.1) is 0 Å². The van der Waals surface area contributed by atoms with Crippen LogP contribution < -0.4 is 0 Å². The predicted molar refractivity (Wildman–Crippen MR) is 97.7 cm³/mol. The average Bonchev–Trinajstić information content (AvgIpc) is 3.05. The fourth-order valence-electron chi connectivity index (χ4n) is 3.21. The first-order chi connectivity index (χ1) is 12.3. The maximum Gasteiger partial charge on any atom is 0.150 e. The Labute approximate surface area is 146 Å². The van der Waals surface area contributed by atoms with E-state index >= 15 is 0 Å². The molecule has 0 radical (unpaired) electrons. The predicted octanol–water partition coefficient (Wildman–Crippen LogP) is 3.79. The van der Waals surface area contributed by atoms with E-state index in [-0.39, 0.29) is 12.8 Å². The Bertz CT molecular complexity index is 881. The highest BCUT2D eigenvalue weighted by Gasteiger charge is 2.20. The first-order valence-electron chi connectivity index (χ1n) is 8.68. The highest BCUT2D eigenvalue weighted by molar-refractivity contribution is 5.90. The molecule has 128 valence electrons. The van der Waals surface area contributed by atoms with Crippen molar-refractivity contribution in [1.29, 1.82) is 0 Å². The van der Waals surface area contributed by atoms with Crippen molar-refractivity contribution in [2.75, 3.05) is 6.61 Å². The molecule has 0 spiro atoms. The Morgan fingerprint density at radius 3 is 2.92 bits per heavy atom. The van der Waals surface area contributed by atoms with Crippen LogP contribution in [0.4, 0.5) is 0 Å². The lowest BCUT2D eigenvalue weighted by Crippen LogP contribution is -2.19. The number of nitrogens with zero attached hydrogens (tertiary/aromatic N) is 3. The average molecular weight is 335 g/mol. The van der Waals surface area contributed by atoms with Crippen molar-refractivity contribution < 1.29 is 9.84 Å². The van der Waals surface area contributed by atoms with Gasteiger partial charge < -0.3 is 9.84 Å². The van der Waals surface area contributed by atoms with Gasteiger partial charge in [0.2, 0.25) is 0 Å². The van der Waals surface area contributed by atoms with Gasteiger partial charge in [-0.15, -0.1) is 0 Å². The molecule has 0 amide bonds. The van der Waals surface area contributed by atoms with Gasteiger partial charge in [-0.3, -0.25) is 4.98 Å². The summed E-state index contributed by atoms with van der Waals surface area (Å²) >= 11 is 0. The van der Waals surface area contributed by atoms with Crippen LogP contribution in [-0.4, -0.2) is 26.5 Å². The molecule has 1 N–H and O–H groups in total. The Kier molecular flexibility index (Phi) is 4.59. The first kappa shape index (κ1) is 16.0. The van der Waals surface area contributed by atoms with Gasteiger partial charge in [0.1, 0.15) is 0 Å². The van der Waals surface area contributed by atoms with Gasteiger partial charge in [0.15, 0.2) is 6.23 Å². The van der Waals surface area contributed by atoms with Crippen molar-refractivity contribution in [2.45, 2.75) is 32.1 Å². The summed E-state index contributed by atoms with van der Waals surface area (Å²) in [4.78, 5) is 4.32. The fourth-order valence-corrected chi connectivity index (χ4v) is 3.21. The number of fused-ring (bicyclic) bond motifs is 1. The fraction of sp³-hybridized carbons (Fsp3) is 0.300. The van der Waals surface area contributed by atoms with Crippen molar-refractivity contribution in [1.82, 2.24) is 14.8 Å². The van der Waals surface area contributed by atoms with E-state index in [0.29, 0.717) is 0 Å². The number of ether oxygens (including phenoxy) is 1. The number of hydrogen-bond acceptors (Lipinski definition) is 4. The van der Waals surface area contributed by atoms with Gasteiger partial charge in [0, 0.05) is 18.2 Å². The van der Waals surface area contributed by atoms with Crippen molar-refractivity contribution in [3.63, 3.8) is 0 Å². The van der Waals surface area contributed by atoms with E-state index in [2.05, 4.69) is 4.98 Å². The number of rotatable bonds is 4. The molecule has 0 saturated carbocycles. The number of benzene rings is 1. The third kappa shape index (κ3) is 3.34. The second-order valence-corrected chi connectivity index (χ2v) is 6.25. The molecule has 4 rings (SSSR count). The third-order valence-electron chi connectivity index (χ3n) is 4.51. The van der Waals surface area contributed by atoms with Gasteiger partial charge in [-0.2, -0.15) is 5.10 Å². The molecule has 3 heterocycles. The van der Waals surface area contributed by atoms with Crippen LogP contribution in [0.3, 0.4) is 0 Å². The number of aliphatic hydroxyl groups excluding tert-OH is 1. The van der Waals surface area contributed by atoms with E-state index in [4.69, 9.17) is 9.84 Å². The molecule has 1 saturated heterocycles. The van der Waals surface area contributed by atoms with Gasteiger partial charge in [-0.25, -0.2) is 4.68 Å². The summed E-state index contributed by atoms with van der Waals surface area (Å²) < 4.78 is 7.90. The van der Waals surface area contributed by atoms with Gasteiger partial charge in [0.25, 0.3) is 0 Å². The van der Waals surface area contributed by atoms with Crippen molar-refractivity contribution >= 4 is 23.1 Å². The SMILES string of the molecule is OCc1ccc2c(c1)c(C=Cc1ccccn1)nn2C1CCCCO1. The lowest BCUT2D eigenvalue weighted by atomic mass is 10.1. The molecule has 3 aromatic rings. The van der Waals surface area contributed by atoms with Crippen LogP contribution in [0.25, 0.3) is 23.1 Å².